The maximum absolute atomic E-state index is 13.1. The Balaban J connectivity index is 1.67. The molecule has 1 saturated carbocycles. The van der Waals surface area contributed by atoms with Crippen molar-refractivity contribution in [2.24, 2.45) is 17.6 Å². The van der Waals surface area contributed by atoms with Crippen molar-refractivity contribution in [3.63, 3.8) is 0 Å². The summed E-state index contributed by atoms with van der Waals surface area (Å²) in [6, 6.07) is 15.8. The highest BCUT2D eigenvalue weighted by atomic mass is 16.5. The van der Waals surface area contributed by atoms with Gasteiger partial charge in [-0.15, -0.1) is 0 Å². The molecule has 0 aromatic heterocycles. The van der Waals surface area contributed by atoms with Gasteiger partial charge in [-0.05, 0) is 47.6 Å². The van der Waals surface area contributed by atoms with E-state index in [0.29, 0.717) is 18.4 Å². The highest BCUT2D eigenvalue weighted by Crippen LogP contribution is 2.49. The number of nitrogens with zero attached hydrogens (tertiary/aromatic N) is 1. The summed E-state index contributed by atoms with van der Waals surface area (Å²) in [6.07, 6.45) is 1.23. The molecule has 124 valence electrons. The third kappa shape index (κ3) is 2.47. The maximum atomic E-state index is 13.1. The van der Waals surface area contributed by atoms with Crippen LogP contribution >= 0.6 is 0 Å². The zero-order chi connectivity index (χ0) is 16.7. The molecule has 24 heavy (non-hydrogen) atoms. The number of carbonyl (C=O) groups excluding carboxylic acids is 1. The minimum Gasteiger partial charge on any atom is -0.497 e. The number of fused-ring (bicyclic) bond motifs is 1. The molecule has 2 fully saturated rings. The summed E-state index contributed by atoms with van der Waals surface area (Å²) in [5, 5.41) is 0. The highest BCUT2D eigenvalue weighted by Gasteiger charge is 2.53. The Labute approximate surface area is 142 Å². The minimum atomic E-state index is 0.101. The Morgan fingerprint density at radius 2 is 1.96 bits per heavy atom. The van der Waals surface area contributed by atoms with E-state index in [-0.39, 0.29) is 11.9 Å². The molecular formula is C20H22N2O2. The van der Waals surface area contributed by atoms with Gasteiger partial charge in [0.1, 0.15) is 5.75 Å². The zero-order valence-electron chi connectivity index (χ0n) is 13.8. The summed E-state index contributed by atoms with van der Waals surface area (Å²) in [5.74, 6) is 2.19. The SMILES string of the molecule is COc1ccc(-c2ccccc2C(=O)N2C[C@H]3C[C@H]3[C@H]2CN)cc1. The lowest BCUT2D eigenvalue weighted by Crippen LogP contribution is -2.42. The average Bonchev–Trinajstić information content (AvgIpc) is 3.32. The van der Waals surface area contributed by atoms with E-state index in [0.717, 1.165) is 29.0 Å². The summed E-state index contributed by atoms with van der Waals surface area (Å²) >= 11 is 0. The maximum Gasteiger partial charge on any atom is 0.254 e. The number of carbonyl (C=O) groups is 1. The van der Waals surface area contributed by atoms with Crippen molar-refractivity contribution in [3.05, 3.63) is 54.1 Å². The summed E-state index contributed by atoms with van der Waals surface area (Å²) in [6.45, 7) is 1.40. The second-order valence-electron chi connectivity index (χ2n) is 6.69. The van der Waals surface area contributed by atoms with E-state index in [1.54, 1.807) is 7.11 Å². The number of piperidine rings is 1. The van der Waals surface area contributed by atoms with Crippen molar-refractivity contribution in [1.29, 1.82) is 0 Å². The summed E-state index contributed by atoms with van der Waals surface area (Å²) in [5.41, 5.74) is 8.66. The van der Waals surface area contributed by atoms with Gasteiger partial charge < -0.3 is 15.4 Å². The molecule has 2 N–H and O–H groups in total. The van der Waals surface area contributed by atoms with Crippen LogP contribution in [0.5, 0.6) is 5.75 Å². The van der Waals surface area contributed by atoms with Crippen molar-refractivity contribution in [2.75, 3.05) is 20.2 Å². The number of ether oxygens (including phenoxy) is 1. The fraction of sp³-hybridized carbons (Fsp3) is 0.350. The number of hydrogen-bond acceptors (Lipinski definition) is 3. The van der Waals surface area contributed by atoms with Gasteiger partial charge in [0, 0.05) is 24.7 Å². The molecule has 1 aliphatic heterocycles. The Kier molecular flexibility index (Phi) is 3.77. The van der Waals surface area contributed by atoms with Crippen LogP contribution in [0, 0.1) is 11.8 Å². The minimum absolute atomic E-state index is 0.101. The molecular weight excluding hydrogens is 300 g/mol. The average molecular weight is 322 g/mol. The van der Waals surface area contributed by atoms with Crippen LogP contribution in [-0.2, 0) is 0 Å². The molecule has 4 heteroatoms. The molecule has 2 aliphatic rings. The van der Waals surface area contributed by atoms with E-state index in [1.807, 2.05) is 53.4 Å². The van der Waals surface area contributed by atoms with Gasteiger partial charge in [-0.1, -0.05) is 30.3 Å². The Morgan fingerprint density at radius 1 is 1.21 bits per heavy atom. The van der Waals surface area contributed by atoms with Gasteiger partial charge in [-0.3, -0.25) is 4.79 Å². The second-order valence-corrected chi connectivity index (χ2v) is 6.69. The number of rotatable bonds is 4. The fourth-order valence-corrected chi connectivity index (χ4v) is 3.95. The molecule has 2 aromatic carbocycles. The molecule has 0 unspecified atom stereocenters. The number of hydrogen-bond donors (Lipinski definition) is 1. The molecule has 0 radical (unpaired) electrons. The van der Waals surface area contributed by atoms with Crippen LogP contribution in [0.3, 0.4) is 0 Å². The fourth-order valence-electron chi connectivity index (χ4n) is 3.95. The molecule has 1 aliphatic carbocycles. The number of likely N-dealkylation sites (tertiary alicyclic amines) is 1. The lowest BCUT2D eigenvalue weighted by molar-refractivity contribution is 0.0713. The van der Waals surface area contributed by atoms with Gasteiger partial charge in [0.2, 0.25) is 0 Å². The van der Waals surface area contributed by atoms with Gasteiger partial charge in [0.25, 0.3) is 5.91 Å². The van der Waals surface area contributed by atoms with Crippen LogP contribution < -0.4 is 10.5 Å². The van der Waals surface area contributed by atoms with Crippen LogP contribution in [-0.4, -0.2) is 37.0 Å². The Hall–Kier alpha value is -2.33. The van der Waals surface area contributed by atoms with Gasteiger partial charge >= 0.3 is 0 Å². The molecule has 2 aromatic rings. The van der Waals surface area contributed by atoms with Gasteiger partial charge in [-0.25, -0.2) is 0 Å². The molecule has 1 saturated heterocycles. The van der Waals surface area contributed by atoms with Crippen LogP contribution in [0.2, 0.25) is 0 Å². The predicted molar refractivity (Wildman–Crippen MR) is 93.9 cm³/mol. The molecule has 4 rings (SSSR count). The summed E-state index contributed by atoms with van der Waals surface area (Å²) < 4.78 is 5.22. The Bertz CT molecular complexity index is 756. The lowest BCUT2D eigenvalue weighted by atomic mass is 9.98. The molecule has 4 nitrogen and oxygen atoms in total. The van der Waals surface area contributed by atoms with Crippen LogP contribution in [0.15, 0.2) is 48.5 Å². The number of amides is 1. The number of benzene rings is 2. The standard InChI is InChI=1S/C20H22N2O2/c1-24-15-8-6-13(7-9-15)16-4-2-3-5-17(16)20(23)22-12-14-10-18(14)19(22)11-21/h2-9,14,18-19H,10-12,21H2,1H3/t14-,18-,19-/m1/s1. The largest absolute Gasteiger partial charge is 0.497 e. The molecule has 0 spiro atoms. The first kappa shape index (κ1) is 15.2. The zero-order valence-corrected chi connectivity index (χ0v) is 13.8. The number of methoxy groups -OCH3 is 1. The first-order chi connectivity index (χ1) is 11.7. The smallest absolute Gasteiger partial charge is 0.254 e. The highest BCUT2D eigenvalue weighted by molar-refractivity contribution is 6.01. The first-order valence-corrected chi connectivity index (χ1v) is 8.47. The van der Waals surface area contributed by atoms with Crippen molar-refractivity contribution < 1.29 is 9.53 Å². The van der Waals surface area contributed by atoms with E-state index in [2.05, 4.69) is 0 Å². The quantitative estimate of drug-likeness (QED) is 0.942. The summed E-state index contributed by atoms with van der Waals surface area (Å²) in [4.78, 5) is 15.1. The molecule has 3 atom stereocenters. The first-order valence-electron chi connectivity index (χ1n) is 8.47. The predicted octanol–water partition coefficient (Wildman–Crippen LogP) is 2.78. The van der Waals surface area contributed by atoms with Gasteiger partial charge in [0.15, 0.2) is 0 Å². The van der Waals surface area contributed by atoms with E-state index in [4.69, 9.17) is 10.5 Å². The Morgan fingerprint density at radius 3 is 2.67 bits per heavy atom. The van der Waals surface area contributed by atoms with Crippen molar-refractivity contribution in [3.8, 4) is 16.9 Å². The van der Waals surface area contributed by atoms with E-state index < -0.39 is 0 Å². The van der Waals surface area contributed by atoms with Crippen molar-refractivity contribution in [2.45, 2.75) is 12.5 Å². The van der Waals surface area contributed by atoms with Gasteiger partial charge in [0.05, 0.1) is 7.11 Å². The van der Waals surface area contributed by atoms with E-state index >= 15 is 0 Å². The third-order valence-electron chi connectivity index (χ3n) is 5.36. The topological polar surface area (TPSA) is 55.6 Å². The van der Waals surface area contributed by atoms with Crippen molar-refractivity contribution in [1.82, 2.24) is 4.90 Å². The molecule has 1 amide bonds. The third-order valence-corrected chi connectivity index (χ3v) is 5.36. The monoisotopic (exact) mass is 322 g/mol. The second kappa shape index (κ2) is 5.95. The lowest BCUT2D eigenvalue weighted by Gasteiger charge is -2.27. The number of nitrogens with two attached hydrogens (primary N) is 1. The van der Waals surface area contributed by atoms with Crippen LogP contribution in [0.25, 0.3) is 11.1 Å². The van der Waals surface area contributed by atoms with E-state index in [9.17, 15) is 4.79 Å². The van der Waals surface area contributed by atoms with E-state index in [1.165, 1.54) is 6.42 Å². The summed E-state index contributed by atoms with van der Waals surface area (Å²) in [7, 11) is 1.65. The van der Waals surface area contributed by atoms with Gasteiger partial charge in [-0.2, -0.15) is 0 Å². The van der Waals surface area contributed by atoms with Crippen LogP contribution in [0.4, 0.5) is 0 Å². The van der Waals surface area contributed by atoms with Crippen LogP contribution in [0.1, 0.15) is 16.8 Å². The normalized spacial score (nSPS) is 24.6. The molecule has 0 bridgehead atoms. The molecule has 1 heterocycles. The van der Waals surface area contributed by atoms with Crippen molar-refractivity contribution >= 4 is 5.91 Å².